The molecule has 0 fully saturated rings. The summed E-state index contributed by atoms with van der Waals surface area (Å²) in [5, 5.41) is 44.6. The Morgan fingerprint density at radius 1 is 0.667 bits per heavy atom. The number of amides is 2. The van der Waals surface area contributed by atoms with Crippen molar-refractivity contribution < 1.29 is 30.0 Å². The Balaban J connectivity index is 2.15. The summed E-state index contributed by atoms with van der Waals surface area (Å²) in [5.41, 5.74) is 0.719. The molecule has 3 aromatic rings. The molecule has 0 aliphatic heterocycles. The van der Waals surface area contributed by atoms with Gasteiger partial charge >= 0.3 is 0 Å². The molecule has 0 aliphatic rings. The van der Waals surface area contributed by atoms with E-state index in [-0.39, 0.29) is 13.1 Å². The summed E-state index contributed by atoms with van der Waals surface area (Å²) >= 11 is 0. The fraction of sp³-hybridized carbons (Fsp3) is 0.273. The van der Waals surface area contributed by atoms with Gasteiger partial charge in [0.15, 0.2) is 0 Å². The van der Waals surface area contributed by atoms with Gasteiger partial charge in [0.2, 0.25) is 0 Å². The number of carbonyl (C=O) groups is 2. The first-order chi connectivity index (χ1) is 14.5. The van der Waals surface area contributed by atoms with Crippen LogP contribution in [0, 0.1) is 0 Å². The van der Waals surface area contributed by atoms with Gasteiger partial charge in [0.05, 0.1) is 36.5 Å². The average molecular weight is 412 g/mol. The van der Waals surface area contributed by atoms with Gasteiger partial charge in [-0.25, -0.2) is 0 Å². The van der Waals surface area contributed by atoms with Crippen molar-refractivity contribution in [2.45, 2.75) is 12.2 Å². The highest BCUT2D eigenvalue weighted by Crippen LogP contribution is 2.33. The van der Waals surface area contributed by atoms with Gasteiger partial charge in [-0.15, -0.1) is 0 Å². The van der Waals surface area contributed by atoms with E-state index in [2.05, 4.69) is 10.6 Å². The number of hydrogen-bond acceptors (Lipinski definition) is 6. The predicted molar refractivity (Wildman–Crippen MR) is 112 cm³/mol. The standard InChI is InChI=1S/C22H24N2O6/c25-11-13(27)9-23-21(29)19-15-5-1-2-6-16(15)20(18-8-4-3-7-17(18)19)22(30)24-10-14(28)12-26/h1-8,13-14,25-28H,9-12H2,(H,23,29)(H,24,30). The molecule has 0 radical (unpaired) electrons. The minimum atomic E-state index is -1.07. The third kappa shape index (κ3) is 4.42. The first kappa shape index (κ1) is 21.7. The molecule has 8 heteroatoms. The Hall–Kier alpha value is -3.04. The van der Waals surface area contributed by atoms with E-state index in [1.807, 2.05) is 0 Å². The second-order valence-corrected chi connectivity index (χ2v) is 6.93. The molecule has 3 aromatic carbocycles. The number of nitrogens with one attached hydrogen (secondary N) is 2. The Bertz CT molecular complexity index is 927. The Morgan fingerprint density at radius 2 is 0.967 bits per heavy atom. The first-order valence-corrected chi connectivity index (χ1v) is 9.55. The highest BCUT2D eigenvalue weighted by atomic mass is 16.3. The van der Waals surface area contributed by atoms with Crippen LogP contribution in [0.1, 0.15) is 20.7 Å². The summed E-state index contributed by atoms with van der Waals surface area (Å²) in [6.45, 7) is -1.17. The molecular weight excluding hydrogens is 388 g/mol. The second-order valence-electron chi connectivity index (χ2n) is 6.93. The maximum atomic E-state index is 13.0. The molecule has 2 atom stereocenters. The summed E-state index contributed by atoms with van der Waals surface area (Å²) in [7, 11) is 0. The fourth-order valence-electron chi connectivity index (χ4n) is 3.34. The molecule has 30 heavy (non-hydrogen) atoms. The van der Waals surface area contributed by atoms with Crippen LogP contribution in [0.2, 0.25) is 0 Å². The van der Waals surface area contributed by atoms with Crippen LogP contribution in [0.4, 0.5) is 0 Å². The molecule has 6 N–H and O–H groups in total. The number of benzene rings is 3. The SMILES string of the molecule is O=C(NCC(O)CO)c1c2ccccc2c(C(=O)NCC(O)CO)c2ccccc12. The Kier molecular flexibility index (Phi) is 6.96. The van der Waals surface area contributed by atoms with E-state index >= 15 is 0 Å². The highest BCUT2D eigenvalue weighted by Gasteiger charge is 2.22. The van der Waals surface area contributed by atoms with Crippen LogP contribution in [-0.2, 0) is 0 Å². The molecule has 3 rings (SSSR count). The second kappa shape index (κ2) is 9.64. The number of hydrogen-bond donors (Lipinski definition) is 6. The number of rotatable bonds is 8. The number of carbonyl (C=O) groups excluding carboxylic acids is 2. The van der Waals surface area contributed by atoms with E-state index in [9.17, 15) is 19.8 Å². The lowest BCUT2D eigenvalue weighted by atomic mass is 9.91. The molecule has 158 valence electrons. The van der Waals surface area contributed by atoms with Crippen molar-refractivity contribution in [2.75, 3.05) is 26.3 Å². The smallest absolute Gasteiger partial charge is 0.252 e. The van der Waals surface area contributed by atoms with E-state index in [0.717, 1.165) is 0 Å². The predicted octanol–water partition coefficient (Wildman–Crippen LogP) is 0.159. The minimum Gasteiger partial charge on any atom is -0.394 e. The molecule has 0 saturated heterocycles. The van der Waals surface area contributed by atoms with Crippen molar-refractivity contribution >= 4 is 33.4 Å². The lowest BCUT2D eigenvalue weighted by molar-refractivity contribution is 0.0799. The lowest BCUT2D eigenvalue weighted by Crippen LogP contribution is -2.35. The molecule has 0 bridgehead atoms. The third-order valence-electron chi connectivity index (χ3n) is 4.80. The van der Waals surface area contributed by atoms with E-state index in [4.69, 9.17) is 10.2 Å². The summed E-state index contributed by atoms with van der Waals surface area (Å²) in [4.78, 5) is 25.9. The normalized spacial score (nSPS) is 13.2. The van der Waals surface area contributed by atoms with Crippen LogP contribution >= 0.6 is 0 Å². The van der Waals surface area contributed by atoms with Gasteiger partial charge < -0.3 is 31.1 Å². The quantitative estimate of drug-likeness (QED) is 0.291. The van der Waals surface area contributed by atoms with Crippen LogP contribution < -0.4 is 10.6 Å². The molecule has 0 aliphatic carbocycles. The fourth-order valence-corrected chi connectivity index (χ4v) is 3.34. The van der Waals surface area contributed by atoms with Gasteiger partial charge in [-0.3, -0.25) is 9.59 Å². The Morgan fingerprint density at radius 3 is 1.23 bits per heavy atom. The van der Waals surface area contributed by atoms with Crippen LogP contribution in [0.25, 0.3) is 21.5 Å². The number of aliphatic hydroxyl groups excluding tert-OH is 4. The molecule has 0 saturated carbocycles. The van der Waals surface area contributed by atoms with Crippen molar-refractivity contribution in [3.63, 3.8) is 0 Å². The summed E-state index contributed by atoms with van der Waals surface area (Å²) in [6, 6.07) is 14.0. The van der Waals surface area contributed by atoms with E-state index in [1.54, 1.807) is 48.5 Å². The van der Waals surface area contributed by atoms with Crippen LogP contribution in [0.3, 0.4) is 0 Å². The summed E-state index contributed by atoms with van der Waals surface area (Å²) in [6.07, 6.45) is -2.15. The van der Waals surface area contributed by atoms with Crippen molar-refractivity contribution in [3.05, 3.63) is 59.7 Å². The lowest BCUT2D eigenvalue weighted by Gasteiger charge is -2.17. The van der Waals surface area contributed by atoms with Crippen molar-refractivity contribution in [1.29, 1.82) is 0 Å². The zero-order valence-electron chi connectivity index (χ0n) is 16.2. The maximum Gasteiger partial charge on any atom is 0.252 e. The molecule has 0 aromatic heterocycles. The minimum absolute atomic E-state index is 0.112. The number of fused-ring (bicyclic) bond motifs is 2. The topological polar surface area (TPSA) is 139 Å². The number of aliphatic hydroxyl groups is 4. The van der Waals surface area contributed by atoms with Gasteiger partial charge in [-0.1, -0.05) is 48.5 Å². The highest BCUT2D eigenvalue weighted by molar-refractivity contribution is 6.26. The van der Waals surface area contributed by atoms with Gasteiger partial charge in [0.25, 0.3) is 11.8 Å². The van der Waals surface area contributed by atoms with E-state index < -0.39 is 37.2 Å². The average Bonchev–Trinajstić information content (AvgIpc) is 2.78. The monoisotopic (exact) mass is 412 g/mol. The van der Waals surface area contributed by atoms with Crippen molar-refractivity contribution in [3.8, 4) is 0 Å². The summed E-state index contributed by atoms with van der Waals surface area (Å²) < 4.78 is 0. The zero-order chi connectivity index (χ0) is 21.7. The molecule has 0 spiro atoms. The van der Waals surface area contributed by atoms with Crippen molar-refractivity contribution in [2.24, 2.45) is 0 Å². The van der Waals surface area contributed by atoms with E-state index in [0.29, 0.717) is 32.7 Å². The molecule has 8 nitrogen and oxygen atoms in total. The van der Waals surface area contributed by atoms with Crippen LogP contribution in [0.5, 0.6) is 0 Å². The van der Waals surface area contributed by atoms with Crippen LogP contribution in [0.15, 0.2) is 48.5 Å². The van der Waals surface area contributed by atoms with Gasteiger partial charge in [-0.2, -0.15) is 0 Å². The molecule has 2 unspecified atom stereocenters. The first-order valence-electron chi connectivity index (χ1n) is 9.55. The molecular formula is C22H24N2O6. The molecule has 0 heterocycles. The van der Waals surface area contributed by atoms with Crippen LogP contribution in [-0.4, -0.2) is 70.8 Å². The summed E-state index contributed by atoms with van der Waals surface area (Å²) in [5.74, 6) is -0.866. The molecule has 2 amide bonds. The van der Waals surface area contributed by atoms with Gasteiger partial charge in [0.1, 0.15) is 0 Å². The van der Waals surface area contributed by atoms with Crippen molar-refractivity contribution in [1.82, 2.24) is 10.6 Å². The Labute approximate surface area is 172 Å². The van der Waals surface area contributed by atoms with Gasteiger partial charge in [-0.05, 0) is 21.5 Å². The maximum absolute atomic E-state index is 13.0. The third-order valence-corrected chi connectivity index (χ3v) is 4.80. The van der Waals surface area contributed by atoms with Gasteiger partial charge in [0, 0.05) is 13.1 Å². The van der Waals surface area contributed by atoms with E-state index in [1.165, 1.54) is 0 Å². The zero-order valence-corrected chi connectivity index (χ0v) is 16.2. The largest absolute Gasteiger partial charge is 0.394 e.